The van der Waals surface area contributed by atoms with Crippen LogP contribution >= 0.6 is 11.5 Å². The molecule has 1 fully saturated rings. The molecule has 6 nitrogen and oxygen atoms in total. The Balaban J connectivity index is 1.49. The molecular formula is C14H19N5OS. The number of anilines is 1. The van der Waals surface area contributed by atoms with Crippen molar-refractivity contribution < 1.29 is 4.74 Å². The quantitative estimate of drug-likeness (QED) is 0.912. The van der Waals surface area contributed by atoms with Crippen molar-refractivity contribution in [2.24, 2.45) is 0 Å². The van der Waals surface area contributed by atoms with Gasteiger partial charge in [0.25, 0.3) is 0 Å². The molecule has 1 aliphatic heterocycles. The van der Waals surface area contributed by atoms with Crippen LogP contribution in [0.1, 0.15) is 18.4 Å². The number of hydrogen-bond acceptors (Lipinski definition) is 7. The van der Waals surface area contributed by atoms with Crippen molar-refractivity contribution in [2.75, 3.05) is 25.5 Å². The van der Waals surface area contributed by atoms with Gasteiger partial charge in [-0.25, -0.2) is 14.3 Å². The summed E-state index contributed by atoms with van der Waals surface area (Å²) in [5.74, 6) is 1.43. The predicted molar refractivity (Wildman–Crippen MR) is 82.6 cm³/mol. The lowest BCUT2D eigenvalue weighted by molar-refractivity contribution is 0.211. The van der Waals surface area contributed by atoms with E-state index in [2.05, 4.69) is 29.9 Å². The van der Waals surface area contributed by atoms with E-state index in [1.807, 2.05) is 12.3 Å². The lowest BCUT2D eigenvalue weighted by atomic mass is 10.0. The number of aromatic nitrogens is 3. The minimum absolute atomic E-state index is 0.460. The van der Waals surface area contributed by atoms with Crippen LogP contribution in [0.15, 0.2) is 24.0 Å². The van der Waals surface area contributed by atoms with Crippen molar-refractivity contribution >= 4 is 17.4 Å². The molecule has 1 aliphatic rings. The topological polar surface area (TPSA) is 63.2 Å². The van der Waals surface area contributed by atoms with Crippen LogP contribution in [0.2, 0.25) is 0 Å². The molecule has 2 aromatic heterocycles. The molecule has 112 valence electrons. The standard InChI is InChI=1S/C14H19N5OS/c1-20-14-6-13(15-10-16-14)18-12-2-4-19(5-3-12)8-11-7-17-21-9-11/h6-7,9-10,12H,2-5,8H2,1H3,(H,15,16,18). The maximum Gasteiger partial charge on any atom is 0.218 e. The van der Waals surface area contributed by atoms with Gasteiger partial charge in [-0.1, -0.05) is 0 Å². The van der Waals surface area contributed by atoms with Crippen molar-refractivity contribution in [1.29, 1.82) is 0 Å². The van der Waals surface area contributed by atoms with Gasteiger partial charge in [0.1, 0.15) is 12.1 Å². The molecule has 0 bridgehead atoms. The van der Waals surface area contributed by atoms with Gasteiger partial charge < -0.3 is 10.1 Å². The SMILES string of the molecule is COc1cc(NC2CCN(Cc3cnsc3)CC2)ncn1. The van der Waals surface area contributed by atoms with Gasteiger partial charge in [0.15, 0.2) is 0 Å². The van der Waals surface area contributed by atoms with Gasteiger partial charge in [0.2, 0.25) is 5.88 Å². The third kappa shape index (κ3) is 3.89. The lowest BCUT2D eigenvalue weighted by Gasteiger charge is -2.32. The maximum absolute atomic E-state index is 5.12. The molecule has 2 aromatic rings. The first-order valence-electron chi connectivity index (χ1n) is 7.06. The summed E-state index contributed by atoms with van der Waals surface area (Å²) in [6.45, 7) is 3.19. The van der Waals surface area contributed by atoms with Gasteiger partial charge in [0, 0.05) is 43.3 Å². The van der Waals surface area contributed by atoms with Crippen LogP contribution in [-0.2, 0) is 6.54 Å². The van der Waals surface area contributed by atoms with E-state index in [9.17, 15) is 0 Å². The molecule has 3 rings (SSSR count). The molecule has 0 radical (unpaired) electrons. The first kappa shape index (κ1) is 14.2. The van der Waals surface area contributed by atoms with Crippen molar-refractivity contribution in [3.63, 3.8) is 0 Å². The lowest BCUT2D eigenvalue weighted by Crippen LogP contribution is -2.38. The summed E-state index contributed by atoms with van der Waals surface area (Å²) in [6.07, 6.45) is 5.72. The summed E-state index contributed by atoms with van der Waals surface area (Å²) in [5.41, 5.74) is 1.31. The second-order valence-electron chi connectivity index (χ2n) is 5.17. The Morgan fingerprint density at radius 1 is 1.38 bits per heavy atom. The van der Waals surface area contributed by atoms with E-state index in [0.717, 1.165) is 38.3 Å². The average molecular weight is 305 g/mol. The molecule has 0 unspecified atom stereocenters. The summed E-state index contributed by atoms with van der Waals surface area (Å²) < 4.78 is 9.27. The monoisotopic (exact) mass is 305 g/mol. The Kier molecular flexibility index (Phi) is 4.62. The Bertz CT molecular complexity index is 554. The normalized spacial score (nSPS) is 16.8. The highest BCUT2D eigenvalue weighted by Crippen LogP contribution is 2.18. The highest BCUT2D eigenvalue weighted by Gasteiger charge is 2.19. The fraction of sp³-hybridized carbons (Fsp3) is 0.500. The van der Waals surface area contributed by atoms with Crippen LogP contribution in [0.4, 0.5) is 5.82 Å². The number of rotatable bonds is 5. The first-order valence-corrected chi connectivity index (χ1v) is 7.90. The minimum Gasteiger partial charge on any atom is -0.481 e. The van der Waals surface area contributed by atoms with Crippen molar-refractivity contribution in [3.8, 4) is 5.88 Å². The maximum atomic E-state index is 5.12. The Hall–Kier alpha value is -1.73. The van der Waals surface area contributed by atoms with Gasteiger partial charge >= 0.3 is 0 Å². The molecule has 0 spiro atoms. The number of nitrogens with one attached hydrogen (secondary N) is 1. The molecule has 1 saturated heterocycles. The van der Waals surface area contributed by atoms with E-state index in [0.29, 0.717) is 11.9 Å². The van der Waals surface area contributed by atoms with Crippen molar-refractivity contribution in [2.45, 2.75) is 25.4 Å². The number of likely N-dealkylation sites (tertiary alicyclic amines) is 1. The van der Waals surface area contributed by atoms with Crippen LogP contribution in [-0.4, -0.2) is 45.5 Å². The van der Waals surface area contributed by atoms with Gasteiger partial charge in [-0.15, -0.1) is 0 Å². The number of ether oxygens (including phenoxy) is 1. The van der Waals surface area contributed by atoms with Gasteiger partial charge in [-0.3, -0.25) is 4.90 Å². The second kappa shape index (κ2) is 6.82. The van der Waals surface area contributed by atoms with Crippen LogP contribution in [0.5, 0.6) is 5.88 Å². The smallest absolute Gasteiger partial charge is 0.218 e. The zero-order chi connectivity index (χ0) is 14.5. The molecule has 1 N–H and O–H groups in total. The van der Waals surface area contributed by atoms with Crippen molar-refractivity contribution in [3.05, 3.63) is 29.5 Å². The van der Waals surface area contributed by atoms with Crippen LogP contribution in [0.3, 0.4) is 0 Å². The summed E-state index contributed by atoms with van der Waals surface area (Å²) in [6, 6.07) is 2.30. The largest absolute Gasteiger partial charge is 0.481 e. The van der Waals surface area contributed by atoms with E-state index in [4.69, 9.17) is 4.74 Å². The third-order valence-electron chi connectivity index (χ3n) is 3.68. The summed E-state index contributed by atoms with van der Waals surface area (Å²) in [5, 5.41) is 5.59. The fourth-order valence-electron chi connectivity index (χ4n) is 2.54. The van der Waals surface area contributed by atoms with E-state index in [1.165, 1.54) is 23.4 Å². The molecule has 0 amide bonds. The van der Waals surface area contributed by atoms with E-state index < -0.39 is 0 Å². The molecule has 3 heterocycles. The number of nitrogens with zero attached hydrogens (tertiary/aromatic N) is 4. The van der Waals surface area contributed by atoms with Crippen LogP contribution in [0.25, 0.3) is 0 Å². The average Bonchev–Trinajstić information content (AvgIpc) is 3.02. The molecule has 0 aliphatic carbocycles. The molecule has 0 atom stereocenters. The van der Waals surface area contributed by atoms with Crippen LogP contribution < -0.4 is 10.1 Å². The first-order chi connectivity index (χ1) is 10.3. The second-order valence-corrected chi connectivity index (χ2v) is 5.83. The minimum atomic E-state index is 0.460. The van der Waals surface area contributed by atoms with E-state index in [1.54, 1.807) is 7.11 Å². The molecule has 7 heteroatoms. The van der Waals surface area contributed by atoms with Crippen LogP contribution in [0, 0.1) is 0 Å². The highest BCUT2D eigenvalue weighted by atomic mass is 32.1. The summed E-state index contributed by atoms with van der Waals surface area (Å²) >= 11 is 1.52. The molecule has 0 aromatic carbocycles. The number of methoxy groups -OCH3 is 1. The zero-order valence-electron chi connectivity index (χ0n) is 12.0. The predicted octanol–water partition coefficient (Wildman–Crippen LogP) is 2.02. The van der Waals surface area contributed by atoms with E-state index in [-0.39, 0.29) is 0 Å². The fourth-order valence-corrected chi connectivity index (χ4v) is 3.07. The zero-order valence-corrected chi connectivity index (χ0v) is 12.8. The Morgan fingerprint density at radius 2 is 2.24 bits per heavy atom. The summed E-state index contributed by atoms with van der Waals surface area (Å²) in [7, 11) is 1.61. The van der Waals surface area contributed by atoms with E-state index >= 15 is 0 Å². The van der Waals surface area contributed by atoms with Gasteiger partial charge in [-0.05, 0) is 29.9 Å². The van der Waals surface area contributed by atoms with Gasteiger partial charge in [-0.2, -0.15) is 0 Å². The molecule has 0 saturated carbocycles. The molecule has 21 heavy (non-hydrogen) atoms. The molecular weight excluding hydrogens is 286 g/mol. The number of piperidine rings is 1. The van der Waals surface area contributed by atoms with Crippen molar-refractivity contribution in [1.82, 2.24) is 19.2 Å². The third-order valence-corrected chi connectivity index (χ3v) is 4.32. The Labute approximate surface area is 128 Å². The van der Waals surface area contributed by atoms with Gasteiger partial charge in [0.05, 0.1) is 7.11 Å². The Morgan fingerprint density at radius 3 is 2.95 bits per heavy atom. The number of hydrogen-bond donors (Lipinski definition) is 1. The highest BCUT2D eigenvalue weighted by molar-refractivity contribution is 7.03. The summed E-state index contributed by atoms with van der Waals surface area (Å²) in [4.78, 5) is 10.7.